The van der Waals surface area contributed by atoms with Gasteiger partial charge in [-0.25, -0.2) is 0 Å². The summed E-state index contributed by atoms with van der Waals surface area (Å²) in [5.74, 6) is 1.46. The molecule has 0 aromatic carbocycles. The van der Waals surface area contributed by atoms with Crippen LogP contribution in [0.4, 0.5) is 13.2 Å². The summed E-state index contributed by atoms with van der Waals surface area (Å²) in [4.78, 5) is 8.70. The fraction of sp³-hybridized carbons (Fsp3) is 0.947. The maximum absolute atomic E-state index is 12.5. The molecule has 5 nitrogen and oxygen atoms in total. The predicted molar refractivity (Wildman–Crippen MR) is 99.9 cm³/mol. The van der Waals surface area contributed by atoms with Crippen LogP contribution in [0, 0.1) is 11.3 Å². The number of alkyl halides is 3. The first-order chi connectivity index (χ1) is 12.9. The number of rotatable bonds is 5. The average molecular weight is 390 g/mol. The first-order valence-electron chi connectivity index (χ1n) is 10.3. The maximum Gasteiger partial charge on any atom is 0.401 e. The second-order valence-electron chi connectivity index (χ2n) is 8.33. The smallest absolute Gasteiger partial charge is 0.381 e. The van der Waals surface area contributed by atoms with Crippen LogP contribution in [0.25, 0.3) is 0 Å². The number of piperidine rings is 1. The van der Waals surface area contributed by atoms with E-state index in [0.29, 0.717) is 24.4 Å². The van der Waals surface area contributed by atoms with E-state index in [0.717, 1.165) is 77.5 Å². The third-order valence-electron chi connectivity index (χ3n) is 6.17. The summed E-state index contributed by atoms with van der Waals surface area (Å²) in [7, 11) is 0. The van der Waals surface area contributed by atoms with E-state index in [1.54, 1.807) is 0 Å². The Hall–Kier alpha value is -1.02. The molecule has 1 atom stereocenters. The Morgan fingerprint density at radius 2 is 2.00 bits per heavy atom. The minimum absolute atomic E-state index is 0.307. The number of hydrogen-bond donors (Lipinski definition) is 1. The van der Waals surface area contributed by atoms with Crippen molar-refractivity contribution in [3.8, 4) is 0 Å². The quantitative estimate of drug-likeness (QED) is 0.579. The molecule has 0 amide bonds. The number of halogens is 3. The van der Waals surface area contributed by atoms with Crippen LogP contribution in [0.3, 0.4) is 0 Å². The molecule has 8 heteroatoms. The topological polar surface area (TPSA) is 40.1 Å². The molecule has 0 bridgehead atoms. The van der Waals surface area contributed by atoms with E-state index in [1.165, 1.54) is 4.90 Å². The summed E-state index contributed by atoms with van der Waals surface area (Å²) >= 11 is 0. The number of aliphatic imine (C=N–C) groups is 1. The van der Waals surface area contributed by atoms with Crippen molar-refractivity contribution in [3.05, 3.63) is 0 Å². The lowest BCUT2D eigenvalue weighted by molar-refractivity contribution is -0.148. The lowest BCUT2D eigenvalue weighted by atomic mass is 9.87. The molecule has 0 aromatic heterocycles. The van der Waals surface area contributed by atoms with Gasteiger partial charge in [-0.3, -0.25) is 9.89 Å². The number of nitrogens with zero attached hydrogens (tertiary/aromatic N) is 3. The van der Waals surface area contributed by atoms with Gasteiger partial charge in [-0.2, -0.15) is 13.2 Å². The Morgan fingerprint density at radius 1 is 1.22 bits per heavy atom. The number of hydrogen-bond acceptors (Lipinski definition) is 3. The SMILES string of the molecule is CCNC(=NCCC1CCN(CC(F)(F)F)CC1)N1CCC2(CCOC2)C1. The highest BCUT2D eigenvalue weighted by Gasteiger charge is 2.42. The van der Waals surface area contributed by atoms with Crippen LogP contribution in [-0.2, 0) is 4.74 Å². The Kier molecular flexibility index (Phi) is 6.89. The van der Waals surface area contributed by atoms with Gasteiger partial charge in [0.1, 0.15) is 0 Å². The Morgan fingerprint density at radius 3 is 2.63 bits per heavy atom. The minimum atomic E-state index is -4.09. The van der Waals surface area contributed by atoms with Crippen molar-refractivity contribution in [3.63, 3.8) is 0 Å². The molecule has 156 valence electrons. The monoisotopic (exact) mass is 390 g/mol. The van der Waals surface area contributed by atoms with E-state index in [9.17, 15) is 13.2 Å². The summed E-state index contributed by atoms with van der Waals surface area (Å²) < 4.78 is 43.0. The van der Waals surface area contributed by atoms with Crippen molar-refractivity contribution in [2.75, 3.05) is 59.0 Å². The van der Waals surface area contributed by atoms with Gasteiger partial charge in [-0.1, -0.05) is 0 Å². The van der Waals surface area contributed by atoms with Gasteiger partial charge in [0, 0.05) is 38.2 Å². The summed E-state index contributed by atoms with van der Waals surface area (Å²) in [6, 6.07) is 0. The minimum Gasteiger partial charge on any atom is -0.381 e. The maximum atomic E-state index is 12.5. The van der Waals surface area contributed by atoms with Crippen molar-refractivity contribution in [1.82, 2.24) is 15.1 Å². The zero-order valence-corrected chi connectivity index (χ0v) is 16.4. The van der Waals surface area contributed by atoms with Crippen LogP contribution in [0.15, 0.2) is 4.99 Å². The highest BCUT2D eigenvalue weighted by atomic mass is 19.4. The van der Waals surface area contributed by atoms with Crippen molar-refractivity contribution < 1.29 is 17.9 Å². The average Bonchev–Trinajstić information content (AvgIpc) is 3.25. The third-order valence-corrected chi connectivity index (χ3v) is 6.17. The number of guanidine groups is 1. The summed E-state index contributed by atoms with van der Waals surface area (Å²) in [6.45, 7) is 7.74. The molecule has 0 radical (unpaired) electrons. The molecular weight excluding hydrogens is 357 g/mol. The van der Waals surface area contributed by atoms with Crippen molar-refractivity contribution >= 4 is 5.96 Å². The van der Waals surface area contributed by atoms with Crippen LogP contribution >= 0.6 is 0 Å². The normalized spacial score (nSPS) is 28.4. The zero-order chi connectivity index (χ0) is 19.3. The molecule has 3 aliphatic heterocycles. The number of likely N-dealkylation sites (tertiary alicyclic amines) is 2. The second-order valence-corrected chi connectivity index (χ2v) is 8.33. The lowest BCUT2D eigenvalue weighted by Crippen LogP contribution is -2.42. The highest BCUT2D eigenvalue weighted by Crippen LogP contribution is 2.38. The van der Waals surface area contributed by atoms with Crippen LogP contribution in [-0.4, -0.2) is 81.0 Å². The van der Waals surface area contributed by atoms with Crippen LogP contribution in [0.1, 0.15) is 39.0 Å². The zero-order valence-electron chi connectivity index (χ0n) is 16.4. The highest BCUT2D eigenvalue weighted by molar-refractivity contribution is 5.80. The fourth-order valence-corrected chi connectivity index (χ4v) is 4.55. The Labute approximate surface area is 160 Å². The van der Waals surface area contributed by atoms with Crippen molar-refractivity contribution in [2.24, 2.45) is 16.3 Å². The molecule has 0 saturated carbocycles. The summed E-state index contributed by atoms with van der Waals surface area (Å²) in [6.07, 6.45) is 0.846. The summed E-state index contributed by atoms with van der Waals surface area (Å²) in [5, 5.41) is 3.40. The van der Waals surface area contributed by atoms with Crippen LogP contribution in [0.2, 0.25) is 0 Å². The molecule has 1 unspecified atom stereocenters. The van der Waals surface area contributed by atoms with E-state index in [2.05, 4.69) is 17.1 Å². The molecule has 3 aliphatic rings. The van der Waals surface area contributed by atoms with Crippen molar-refractivity contribution in [2.45, 2.75) is 45.2 Å². The molecule has 3 heterocycles. The fourth-order valence-electron chi connectivity index (χ4n) is 4.55. The molecule has 1 spiro atoms. The largest absolute Gasteiger partial charge is 0.401 e. The molecular formula is C19H33F3N4O. The Bertz CT molecular complexity index is 498. The molecule has 0 aromatic rings. The third kappa shape index (κ3) is 5.98. The van der Waals surface area contributed by atoms with Gasteiger partial charge in [0.2, 0.25) is 0 Å². The molecule has 27 heavy (non-hydrogen) atoms. The Balaban J connectivity index is 1.43. The van der Waals surface area contributed by atoms with Gasteiger partial charge in [0.25, 0.3) is 0 Å². The predicted octanol–water partition coefficient (Wildman–Crippen LogP) is 2.73. The molecule has 3 saturated heterocycles. The summed E-state index contributed by atoms with van der Waals surface area (Å²) in [5.41, 5.74) is 0.307. The van der Waals surface area contributed by atoms with Gasteiger partial charge in [-0.05, 0) is 58.0 Å². The number of nitrogens with one attached hydrogen (secondary N) is 1. The molecule has 1 N–H and O–H groups in total. The molecule has 0 aliphatic carbocycles. The van der Waals surface area contributed by atoms with Crippen LogP contribution < -0.4 is 5.32 Å². The van der Waals surface area contributed by atoms with Gasteiger partial charge in [-0.15, -0.1) is 0 Å². The van der Waals surface area contributed by atoms with Crippen LogP contribution in [0.5, 0.6) is 0 Å². The van der Waals surface area contributed by atoms with E-state index in [1.807, 2.05) is 0 Å². The van der Waals surface area contributed by atoms with E-state index in [4.69, 9.17) is 9.73 Å². The number of ether oxygens (including phenoxy) is 1. The molecule has 3 rings (SSSR count). The van der Waals surface area contributed by atoms with E-state index in [-0.39, 0.29) is 0 Å². The van der Waals surface area contributed by atoms with Crippen molar-refractivity contribution in [1.29, 1.82) is 0 Å². The van der Waals surface area contributed by atoms with E-state index < -0.39 is 12.7 Å². The standard InChI is InChI=1S/C19H33F3N4O/c1-2-23-17(26-11-6-18(13-26)7-12-27-15-18)24-8-3-16-4-9-25(10-5-16)14-19(20,21)22/h16H,2-15H2,1H3,(H,23,24). The second kappa shape index (κ2) is 8.99. The molecule has 3 fully saturated rings. The first-order valence-corrected chi connectivity index (χ1v) is 10.3. The van der Waals surface area contributed by atoms with Gasteiger partial charge >= 0.3 is 6.18 Å². The van der Waals surface area contributed by atoms with Gasteiger partial charge in [0.05, 0.1) is 13.2 Å². The first kappa shape index (κ1) is 20.7. The van der Waals surface area contributed by atoms with Gasteiger partial charge in [0.15, 0.2) is 5.96 Å². The van der Waals surface area contributed by atoms with E-state index >= 15 is 0 Å². The van der Waals surface area contributed by atoms with Gasteiger partial charge < -0.3 is 15.0 Å². The lowest BCUT2D eigenvalue weighted by Gasteiger charge is -2.32.